The molecule has 2 fully saturated rings. The van der Waals surface area contributed by atoms with Crippen LogP contribution in [0, 0.1) is 11.3 Å². The number of anilines is 1. The molecule has 0 unspecified atom stereocenters. The van der Waals surface area contributed by atoms with Crippen LogP contribution >= 0.6 is 0 Å². The summed E-state index contributed by atoms with van der Waals surface area (Å²) in [7, 11) is 0. The molecule has 3 aliphatic rings. The van der Waals surface area contributed by atoms with E-state index in [2.05, 4.69) is 11.4 Å². The van der Waals surface area contributed by atoms with Gasteiger partial charge in [0.1, 0.15) is 0 Å². The number of hydrogen-bond donors (Lipinski definition) is 1. The smallest absolute Gasteiger partial charge is 0.322 e. The van der Waals surface area contributed by atoms with Gasteiger partial charge in [0.25, 0.3) is 0 Å². The maximum atomic E-state index is 12.7. The maximum absolute atomic E-state index is 12.7. The minimum absolute atomic E-state index is 0.0596. The van der Waals surface area contributed by atoms with Gasteiger partial charge in [-0.25, -0.2) is 4.79 Å². The second-order valence-electron chi connectivity index (χ2n) is 7.12. The number of rotatable bonds is 1. The van der Waals surface area contributed by atoms with E-state index in [4.69, 9.17) is 9.47 Å². The lowest BCUT2D eigenvalue weighted by Crippen LogP contribution is -2.51. The van der Waals surface area contributed by atoms with Crippen LogP contribution in [0.1, 0.15) is 36.8 Å². The van der Waals surface area contributed by atoms with Gasteiger partial charge in [-0.2, -0.15) is 5.26 Å². The van der Waals surface area contributed by atoms with Gasteiger partial charge in [0.05, 0.1) is 37.1 Å². The first-order chi connectivity index (χ1) is 12.2. The Labute approximate surface area is 147 Å². The molecule has 1 aromatic carbocycles. The van der Waals surface area contributed by atoms with Gasteiger partial charge in [-0.15, -0.1) is 0 Å². The lowest BCUT2D eigenvalue weighted by molar-refractivity contribution is -0.172. The van der Waals surface area contributed by atoms with Gasteiger partial charge in [-0.05, 0) is 49.8 Å². The van der Waals surface area contributed by atoms with Crippen LogP contribution in [-0.4, -0.2) is 44.0 Å². The number of nitrogens with zero attached hydrogens (tertiary/aromatic N) is 2. The van der Waals surface area contributed by atoms with E-state index in [-0.39, 0.29) is 17.7 Å². The van der Waals surface area contributed by atoms with E-state index < -0.39 is 0 Å². The van der Waals surface area contributed by atoms with Gasteiger partial charge in [0.15, 0.2) is 0 Å². The number of nitriles is 1. The molecule has 2 aliphatic heterocycles. The zero-order chi connectivity index (χ0) is 17.3. The van der Waals surface area contributed by atoms with E-state index >= 15 is 0 Å². The predicted molar refractivity (Wildman–Crippen MR) is 92.5 cm³/mol. The summed E-state index contributed by atoms with van der Waals surface area (Å²) < 4.78 is 11.5. The largest absolute Gasteiger partial charge is 0.376 e. The number of nitrogens with one attached hydrogen (secondary N) is 1. The highest BCUT2D eigenvalue weighted by Gasteiger charge is 2.39. The third-order valence-electron chi connectivity index (χ3n) is 5.62. The lowest BCUT2D eigenvalue weighted by atomic mass is 9.82. The average Bonchev–Trinajstić information content (AvgIpc) is 3.09. The molecule has 25 heavy (non-hydrogen) atoms. The molecule has 0 atom stereocenters. The van der Waals surface area contributed by atoms with Crippen molar-refractivity contribution in [1.82, 2.24) is 5.32 Å². The summed E-state index contributed by atoms with van der Waals surface area (Å²) in [6, 6.07) is 7.91. The molecule has 132 valence electrons. The Morgan fingerprint density at radius 1 is 1.32 bits per heavy atom. The second-order valence-corrected chi connectivity index (χ2v) is 7.12. The molecule has 1 spiro atoms. The Kier molecular flexibility index (Phi) is 4.36. The summed E-state index contributed by atoms with van der Waals surface area (Å²) >= 11 is 0. The highest BCUT2D eigenvalue weighted by Crippen LogP contribution is 2.35. The molecule has 2 amide bonds. The fourth-order valence-corrected chi connectivity index (χ4v) is 4.20. The average molecular weight is 341 g/mol. The van der Waals surface area contributed by atoms with Crippen LogP contribution in [0.2, 0.25) is 0 Å². The lowest BCUT2D eigenvalue weighted by Gasteiger charge is -2.42. The van der Waals surface area contributed by atoms with Crippen LogP contribution in [0.3, 0.4) is 0 Å². The molecule has 1 saturated carbocycles. The molecular formula is C19H23N3O3. The van der Waals surface area contributed by atoms with Gasteiger partial charge in [0, 0.05) is 18.3 Å². The van der Waals surface area contributed by atoms with Crippen LogP contribution in [0.25, 0.3) is 0 Å². The number of benzene rings is 1. The molecule has 6 heteroatoms. The van der Waals surface area contributed by atoms with Crippen LogP contribution < -0.4 is 10.2 Å². The molecule has 6 nitrogen and oxygen atoms in total. The second kappa shape index (κ2) is 6.66. The summed E-state index contributed by atoms with van der Waals surface area (Å²) in [5, 5.41) is 12.4. The first-order valence-corrected chi connectivity index (χ1v) is 9.02. The van der Waals surface area contributed by atoms with E-state index in [1.54, 1.807) is 4.90 Å². The Hall–Kier alpha value is -2.10. The number of ether oxygens (including phenoxy) is 2. The topological polar surface area (TPSA) is 74.6 Å². The highest BCUT2D eigenvalue weighted by molar-refractivity contribution is 5.94. The van der Waals surface area contributed by atoms with Crippen molar-refractivity contribution in [3.63, 3.8) is 0 Å². The monoisotopic (exact) mass is 341 g/mol. The first-order valence-electron chi connectivity index (χ1n) is 9.02. The Balaban J connectivity index is 1.38. The molecule has 1 aliphatic carbocycles. The van der Waals surface area contributed by atoms with E-state index in [9.17, 15) is 10.1 Å². The van der Waals surface area contributed by atoms with Crippen molar-refractivity contribution in [1.29, 1.82) is 5.26 Å². The summed E-state index contributed by atoms with van der Waals surface area (Å²) in [6.07, 6.45) is 4.41. The van der Waals surface area contributed by atoms with E-state index in [1.807, 2.05) is 18.2 Å². The SMILES string of the molecule is N#Cc1cccc2c1CCN2C(=O)NC1CCC2(CC1)COCCO2. The molecule has 1 saturated heterocycles. The summed E-state index contributed by atoms with van der Waals surface area (Å²) in [6.45, 7) is 2.65. The van der Waals surface area contributed by atoms with E-state index in [0.29, 0.717) is 31.9 Å². The minimum Gasteiger partial charge on any atom is -0.376 e. The fraction of sp³-hybridized carbons (Fsp3) is 0.579. The molecular weight excluding hydrogens is 318 g/mol. The van der Waals surface area contributed by atoms with Gasteiger partial charge in [0.2, 0.25) is 0 Å². The van der Waals surface area contributed by atoms with E-state index in [1.165, 1.54) is 0 Å². The Bertz CT molecular complexity index is 696. The van der Waals surface area contributed by atoms with Gasteiger partial charge in [-0.3, -0.25) is 4.90 Å². The number of hydrogen-bond acceptors (Lipinski definition) is 4. The third-order valence-corrected chi connectivity index (χ3v) is 5.62. The van der Waals surface area contributed by atoms with Crippen molar-refractivity contribution in [2.24, 2.45) is 0 Å². The molecule has 0 aromatic heterocycles. The molecule has 1 N–H and O–H groups in total. The molecule has 1 aromatic rings. The van der Waals surface area contributed by atoms with Gasteiger partial charge >= 0.3 is 6.03 Å². The molecule has 0 radical (unpaired) electrons. The normalized spacial score (nSPS) is 28.4. The summed E-state index contributed by atoms with van der Waals surface area (Å²) in [5.41, 5.74) is 2.38. The van der Waals surface area contributed by atoms with Crippen molar-refractivity contribution in [2.75, 3.05) is 31.3 Å². The van der Waals surface area contributed by atoms with E-state index in [0.717, 1.165) is 43.4 Å². The quantitative estimate of drug-likeness (QED) is 0.851. The number of fused-ring (bicyclic) bond motifs is 1. The molecule has 0 bridgehead atoms. The van der Waals surface area contributed by atoms with Crippen LogP contribution in [0.4, 0.5) is 10.5 Å². The van der Waals surface area contributed by atoms with Crippen LogP contribution in [-0.2, 0) is 15.9 Å². The first kappa shape index (κ1) is 16.4. The number of carbonyl (C=O) groups is 1. The van der Waals surface area contributed by atoms with Crippen molar-refractivity contribution in [2.45, 2.75) is 43.7 Å². The zero-order valence-electron chi connectivity index (χ0n) is 14.3. The highest BCUT2D eigenvalue weighted by atomic mass is 16.6. The van der Waals surface area contributed by atoms with Crippen LogP contribution in [0.5, 0.6) is 0 Å². The summed E-state index contributed by atoms with van der Waals surface area (Å²) in [4.78, 5) is 14.5. The Morgan fingerprint density at radius 3 is 2.88 bits per heavy atom. The standard InChI is InChI=1S/C19H23N3O3/c20-12-14-2-1-3-17-16(14)6-9-22(17)18(23)21-15-4-7-19(8-5-15)13-24-10-11-25-19/h1-3,15H,4-11,13H2,(H,21,23). The number of amides is 2. The van der Waals surface area contributed by atoms with Crippen molar-refractivity contribution < 1.29 is 14.3 Å². The number of carbonyl (C=O) groups excluding carboxylic acids is 1. The maximum Gasteiger partial charge on any atom is 0.322 e. The van der Waals surface area contributed by atoms with Crippen molar-refractivity contribution in [3.8, 4) is 6.07 Å². The summed E-state index contributed by atoms with van der Waals surface area (Å²) in [5.74, 6) is 0. The van der Waals surface area contributed by atoms with Gasteiger partial charge < -0.3 is 14.8 Å². The fourth-order valence-electron chi connectivity index (χ4n) is 4.20. The zero-order valence-corrected chi connectivity index (χ0v) is 14.3. The molecule has 2 heterocycles. The minimum atomic E-state index is -0.137. The predicted octanol–water partition coefficient (Wildman–Crippen LogP) is 2.36. The van der Waals surface area contributed by atoms with Crippen molar-refractivity contribution in [3.05, 3.63) is 29.3 Å². The Morgan fingerprint density at radius 2 is 2.16 bits per heavy atom. The van der Waals surface area contributed by atoms with Crippen molar-refractivity contribution >= 4 is 11.7 Å². The third kappa shape index (κ3) is 3.10. The van der Waals surface area contributed by atoms with Crippen LogP contribution in [0.15, 0.2) is 18.2 Å². The van der Waals surface area contributed by atoms with Gasteiger partial charge in [-0.1, -0.05) is 6.07 Å². The molecule has 4 rings (SSSR count). The number of urea groups is 1.